The van der Waals surface area contributed by atoms with Gasteiger partial charge in [0.1, 0.15) is 0 Å². The third-order valence-corrected chi connectivity index (χ3v) is 5.45. The third kappa shape index (κ3) is 3.12. The van der Waals surface area contributed by atoms with E-state index in [-0.39, 0.29) is 18.1 Å². The molecule has 0 aliphatic carbocycles. The molecule has 0 radical (unpaired) electrons. The van der Waals surface area contributed by atoms with E-state index < -0.39 is 15.8 Å². The molecule has 1 heterocycles. The SMILES string of the molecule is CCS(=O)(=O)c1ccccc1N1CCC(CC(=O)O)C1. The maximum atomic E-state index is 12.1. The lowest BCUT2D eigenvalue weighted by Crippen LogP contribution is -2.23. The van der Waals surface area contributed by atoms with Gasteiger partial charge in [-0.1, -0.05) is 19.1 Å². The van der Waals surface area contributed by atoms with E-state index in [1.807, 2.05) is 11.0 Å². The van der Waals surface area contributed by atoms with Gasteiger partial charge in [-0.25, -0.2) is 8.42 Å². The molecular weight excluding hydrogens is 278 g/mol. The molecule has 1 N–H and O–H groups in total. The molecule has 110 valence electrons. The van der Waals surface area contributed by atoms with Crippen LogP contribution < -0.4 is 4.90 Å². The molecule has 0 aromatic heterocycles. The van der Waals surface area contributed by atoms with Crippen LogP contribution in [0.1, 0.15) is 19.8 Å². The third-order valence-electron chi connectivity index (χ3n) is 3.67. The number of nitrogens with zero attached hydrogens (tertiary/aromatic N) is 1. The van der Waals surface area contributed by atoms with Crippen LogP contribution in [0.4, 0.5) is 5.69 Å². The van der Waals surface area contributed by atoms with E-state index in [0.717, 1.165) is 6.42 Å². The predicted molar refractivity (Wildman–Crippen MR) is 76.7 cm³/mol. The first-order chi connectivity index (χ1) is 9.44. The van der Waals surface area contributed by atoms with Crippen molar-refractivity contribution in [3.05, 3.63) is 24.3 Å². The number of hydrogen-bond donors (Lipinski definition) is 1. The van der Waals surface area contributed by atoms with E-state index in [9.17, 15) is 13.2 Å². The Hall–Kier alpha value is -1.56. The maximum Gasteiger partial charge on any atom is 0.303 e. The van der Waals surface area contributed by atoms with Gasteiger partial charge in [-0.2, -0.15) is 0 Å². The Labute approximate surface area is 119 Å². The highest BCUT2D eigenvalue weighted by molar-refractivity contribution is 7.91. The summed E-state index contributed by atoms with van der Waals surface area (Å²) in [6.07, 6.45) is 0.923. The van der Waals surface area contributed by atoms with Gasteiger partial charge in [0.15, 0.2) is 9.84 Å². The van der Waals surface area contributed by atoms with Crippen molar-refractivity contribution in [1.82, 2.24) is 0 Å². The first-order valence-electron chi connectivity index (χ1n) is 6.72. The molecule has 0 spiro atoms. The summed E-state index contributed by atoms with van der Waals surface area (Å²) in [6, 6.07) is 6.95. The summed E-state index contributed by atoms with van der Waals surface area (Å²) in [7, 11) is -3.26. The van der Waals surface area contributed by atoms with Crippen molar-refractivity contribution in [2.75, 3.05) is 23.7 Å². The maximum absolute atomic E-state index is 12.1. The van der Waals surface area contributed by atoms with Gasteiger partial charge in [0, 0.05) is 19.5 Å². The van der Waals surface area contributed by atoms with Crippen LogP contribution in [0.2, 0.25) is 0 Å². The molecule has 5 nitrogen and oxygen atoms in total. The Balaban J connectivity index is 2.25. The van der Waals surface area contributed by atoms with E-state index in [4.69, 9.17) is 5.11 Å². The van der Waals surface area contributed by atoms with E-state index in [2.05, 4.69) is 0 Å². The number of carbonyl (C=O) groups is 1. The summed E-state index contributed by atoms with van der Waals surface area (Å²) >= 11 is 0. The van der Waals surface area contributed by atoms with Crippen LogP contribution in [0.25, 0.3) is 0 Å². The Bertz CT molecular complexity index is 597. The Morgan fingerprint density at radius 1 is 1.40 bits per heavy atom. The van der Waals surface area contributed by atoms with Crippen LogP contribution in [-0.2, 0) is 14.6 Å². The Morgan fingerprint density at radius 3 is 2.75 bits per heavy atom. The summed E-state index contributed by atoms with van der Waals surface area (Å²) in [5.41, 5.74) is 0.697. The summed E-state index contributed by atoms with van der Waals surface area (Å²) < 4.78 is 24.2. The standard InChI is InChI=1S/C14H19NO4S/c1-2-20(18,19)13-6-4-3-5-12(13)15-8-7-11(10-15)9-14(16)17/h3-6,11H,2,7-10H2,1H3,(H,16,17). The zero-order valence-electron chi connectivity index (χ0n) is 11.4. The molecule has 1 aliphatic rings. The fourth-order valence-electron chi connectivity index (χ4n) is 2.60. The number of anilines is 1. The monoisotopic (exact) mass is 297 g/mol. The van der Waals surface area contributed by atoms with Crippen molar-refractivity contribution in [3.63, 3.8) is 0 Å². The Kier molecular flexibility index (Phi) is 4.32. The minimum atomic E-state index is -3.26. The molecule has 1 fully saturated rings. The summed E-state index contributed by atoms with van der Waals surface area (Å²) in [5.74, 6) is -0.646. The molecule has 6 heteroatoms. The van der Waals surface area contributed by atoms with E-state index in [0.29, 0.717) is 23.7 Å². The number of para-hydroxylation sites is 1. The molecule has 0 amide bonds. The number of benzene rings is 1. The summed E-state index contributed by atoms with van der Waals surface area (Å²) in [5, 5.41) is 8.84. The van der Waals surface area contributed by atoms with Gasteiger partial charge < -0.3 is 10.0 Å². The lowest BCUT2D eigenvalue weighted by atomic mass is 10.1. The second-order valence-corrected chi connectivity index (χ2v) is 7.32. The van der Waals surface area contributed by atoms with Gasteiger partial charge in [0.25, 0.3) is 0 Å². The van der Waals surface area contributed by atoms with Crippen LogP contribution in [0.15, 0.2) is 29.2 Å². The topological polar surface area (TPSA) is 74.7 Å². The van der Waals surface area contributed by atoms with Crippen LogP contribution in [0, 0.1) is 5.92 Å². The van der Waals surface area contributed by atoms with Gasteiger partial charge in [-0.15, -0.1) is 0 Å². The highest BCUT2D eigenvalue weighted by Gasteiger charge is 2.28. The largest absolute Gasteiger partial charge is 0.481 e. The smallest absolute Gasteiger partial charge is 0.303 e. The van der Waals surface area contributed by atoms with Crippen molar-refractivity contribution < 1.29 is 18.3 Å². The second-order valence-electron chi connectivity index (χ2n) is 5.07. The zero-order chi connectivity index (χ0) is 14.8. The second kappa shape index (κ2) is 5.83. The fourth-order valence-corrected chi connectivity index (χ4v) is 3.71. The van der Waals surface area contributed by atoms with Crippen molar-refractivity contribution >= 4 is 21.5 Å². The molecule has 1 saturated heterocycles. The normalized spacial score (nSPS) is 19.2. The van der Waals surface area contributed by atoms with Crippen molar-refractivity contribution in [2.45, 2.75) is 24.7 Å². The average Bonchev–Trinajstić information content (AvgIpc) is 2.86. The first-order valence-corrected chi connectivity index (χ1v) is 8.37. The van der Waals surface area contributed by atoms with Crippen LogP contribution in [0.3, 0.4) is 0 Å². The Morgan fingerprint density at radius 2 is 2.10 bits per heavy atom. The number of sulfone groups is 1. The number of hydrogen-bond acceptors (Lipinski definition) is 4. The molecule has 1 unspecified atom stereocenters. The molecule has 1 aromatic rings. The quantitative estimate of drug-likeness (QED) is 0.896. The van der Waals surface area contributed by atoms with Crippen LogP contribution in [-0.4, -0.2) is 38.3 Å². The van der Waals surface area contributed by atoms with Gasteiger partial charge in [-0.3, -0.25) is 4.79 Å². The van der Waals surface area contributed by atoms with Crippen molar-refractivity contribution in [2.24, 2.45) is 5.92 Å². The number of carboxylic acids is 1. The van der Waals surface area contributed by atoms with E-state index in [1.165, 1.54) is 0 Å². The number of carboxylic acid groups (broad SMARTS) is 1. The predicted octanol–water partition coefficient (Wildman–Crippen LogP) is 1.78. The molecule has 1 aromatic carbocycles. The molecule has 1 aliphatic heterocycles. The minimum absolute atomic E-state index is 0.0659. The van der Waals surface area contributed by atoms with E-state index in [1.54, 1.807) is 25.1 Å². The van der Waals surface area contributed by atoms with Crippen molar-refractivity contribution in [1.29, 1.82) is 0 Å². The zero-order valence-corrected chi connectivity index (χ0v) is 12.3. The van der Waals surface area contributed by atoms with Crippen LogP contribution in [0.5, 0.6) is 0 Å². The van der Waals surface area contributed by atoms with Gasteiger partial charge in [0.05, 0.1) is 16.3 Å². The van der Waals surface area contributed by atoms with Gasteiger partial charge in [0.2, 0.25) is 0 Å². The van der Waals surface area contributed by atoms with E-state index >= 15 is 0 Å². The van der Waals surface area contributed by atoms with Gasteiger partial charge in [-0.05, 0) is 24.5 Å². The van der Waals surface area contributed by atoms with Crippen molar-refractivity contribution in [3.8, 4) is 0 Å². The molecule has 2 rings (SSSR count). The molecule has 0 bridgehead atoms. The number of aliphatic carboxylic acids is 1. The highest BCUT2D eigenvalue weighted by Crippen LogP contribution is 2.31. The molecule has 0 saturated carbocycles. The summed E-state index contributed by atoms with van der Waals surface area (Å²) in [4.78, 5) is 13.1. The number of rotatable bonds is 5. The lowest BCUT2D eigenvalue weighted by Gasteiger charge is -2.21. The fraction of sp³-hybridized carbons (Fsp3) is 0.500. The molecule has 20 heavy (non-hydrogen) atoms. The van der Waals surface area contributed by atoms with Gasteiger partial charge >= 0.3 is 5.97 Å². The minimum Gasteiger partial charge on any atom is -0.481 e. The van der Waals surface area contributed by atoms with Crippen LogP contribution >= 0.6 is 0 Å². The average molecular weight is 297 g/mol. The highest BCUT2D eigenvalue weighted by atomic mass is 32.2. The molecular formula is C14H19NO4S. The molecule has 1 atom stereocenters. The first kappa shape index (κ1) is 14.8. The lowest BCUT2D eigenvalue weighted by molar-refractivity contribution is -0.137. The summed E-state index contributed by atoms with van der Waals surface area (Å²) in [6.45, 7) is 2.93.